The zero-order chi connectivity index (χ0) is 14.3. The van der Waals surface area contributed by atoms with Gasteiger partial charge >= 0.3 is 0 Å². The minimum absolute atomic E-state index is 0.0618. The lowest BCUT2D eigenvalue weighted by Crippen LogP contribution is -2.45. The molecule has 1 fully saturated rings. The van der Waals surface area contributed by atoms with Crippen molar-refractivity contribution in [3.63, 3.8) is 0 Å². The zero-order valence-electron chi connectivity index (χ0n) is 10.0. The van der Waals surface area contributed by atoms with E-state index in [0.717, 1.165) is 0 Å². The highest BCUT2D eigenvalue weighted by molar-refractivity contribution is 6.53. The molecule has 0 aliphatic heterocycles. The average molecular weight is 303 g/mol. The Bertz CT molecular complexity index is 548. The molecule has 2 rings (SSSR count). The molecule has 1 saturated carbocycles. The van der Waals surface area contributed by atoms with Gasteiger partial charge in [-0.3, -0.25) is 20.4 Å². The van der Waals surface area contributed by atoms with E-state index >= 15 is 0 Å². The van der Waals surface area contributed by atoms with Crippen LogP contribution in [0.5, 0.6) is 5.75 Å². The summed E-state index contributed by atoms with van der Waals surface area (Å²) >= 11 is 11.7. The van der Waals surface area contributed by atoms with E-state index in [4.69, 9.17) is 23.2 Å². The molecule has 1 atom stereocenters. The summed E-state index contributed by atoms with van der Waals surface area (Å²) in [6.07, 6.45) is 0.321. The molecule has 3 N–H and O–H groups in total. The van der Waals surface area contributed by atoms with Crippen LogP contribution in [0, 0.1) is 5.41 Å². The van der Waals surface area contributed by atoms with Gasteiger partial charge < -0.3 is 5.11 Å². The van der Waals surface area contributed by atoms with E-state index in [-0.39, 0.29) is 11.3 Å². The molecule has 1 aromatic carbocycles. The molecule has 7 heteroatoms. The average Bonchev–Trinajstić information content (AvgIpc) is 2.87. The molecule has 5 nitrogen and oxygen atoms in total. The monoisotopic (exact) mass is 302 g/mol. The summed E-state index contributed by atoms with van der Waals surface area (Å²) in [5.41, 5.74) is 3.60. The van der Waals surface area contributed by atoms with E-state index in [0.29, 0.717) is 6.42 Å². The predicted octanol–water partition coefficient (Wildman–Crippen LogP) is 1.74. The highest BCUT2D eigenvalue weighted by atomic mass is 35.5. The molecule has 102 valence electrons. The molecule has 0 bridgehead atoms. The third kappa shape index (κ3) is 2.48. The van der Waals surface area contributed by atoms with Gasteiger partial charge in [0.2, 0.25) is 5.91 Å². The Kier molecular flexibility index (Phi) is 3.36. The number of halogens is 2. The number of hydrogen-bond donors (Lipinski definition) is 3. The highest BCUT2D eigenvalue weighted by Gasteiger charge is 2.68. The summed E-state index contributed by atoms with van der Waals surface area (Å²) in [6.45, 7) is 1.61. The lowest BCUT2D eigenvalue weighted by atomic mass is 10.1. The van der Waals surface area contributed by atoms with Crippen molar-refractivity contribution >= 4 is 35.0 Å². The fourth-order valence-electron chi connectivity index (χ4n) is 1.63. The van der Waals surface area contributed by atoms with Crippen LogP contribution in [0.15, 0.2) is 24.3 Å². The van der Waals surface area contributed by atoms with E-state index in [9.17, 15) is 14.7 Å². The third-order valence-electron chi connectivity index (χ3n) is 3.20. The van der Waals surface area contributed by atoms with Gasteiger partial charge in [-0.2, -0.15) is 0 Å². The van der Waals surface area contributed by atoms with Crippen LogP contribution in [0.2, 0.25) is 0 Å². The minimum Gasteiger partial charge on any atom is -0.507 e. The number of phenolic OH excluding ortho intramolecular Hbond substituents is 1. The standard InChI is InChI=1S/C12H12Cl2N2O3/c1-11(6-12(11,13)14)10(19)16-15-9(18)7-4-2-3-5-8(7)17/h2-5,17H,6H2,1H3,(H,15,18)(H,16,19)/t11-/m1/s1. The number of aromatic hydroxyl groups is 1. The SMILES string of the molecule is C[C@]1(C(=O)NNC(=O)c2ccccc2O)CC1(Cl)Cl. The lowest BCUT2D eigenvalue weighted by Gasteiger charge is -2.13. The zero-order valence-corrected chi connectivity index (χ0v) is 11.5. The Balaban J connectivity index is 1.96. The first-order valence-electron chi connectivity index (χ1n) is 5.54. The second-order valence-corrected chi connectivity index (χ2v) is 6.12. The van der Waals surface area contributed by atoms with E-state index in [1.807, 2.05) is 0 Å². The number of rotatable bonds is 2. The maximum absolute atomic E-state index is 11.8. The molecular formula is C12H12Cl2N2O3. The number of phenols is 1. The number of amides is 2. The predicted molar refractivity (Wildman–Crippen MR) is 70.9 cm³/mol. The van der Waals surface area contributed by atoms with Crippen molar-refractivity contribution < 1.29 is 14.7 Å². The molecule has 0 heterocycles. The van der Waals surface area contributed by atoms with Gasteiger partial charge in [0.25, 0.3) is 5.91 Å². The Hall–Kier alpha value is -1.46. The maximum Gasteiger partial charge on any atom is 0.273 e. The molecule has 1 aliphatic rings. The molecule has 0 aromatic heterocycles. The van der Waals surface area contributed by atoms with E-state index in [1.165, 1.54) is 12.1 Å². The molecule has 0 radical (unpaired) electrons. The molecule has 1 aliphatic carbocycles. The quantitative estimate of drug-likeness (QED) is 0.575. The lowest BCUT2D eigenvalue weighted by molar-refractivity contribution is -0.126. The number of para-hydroxylation sites is 1. The number of benzene rings is 1. The summed E-state index contributed by atoms with van der Waals surface area (Å²) < 4.78 is -1.10. The minimum atomic E-state index is -1.10. The molecule has 2 amide bonds. The van der Waals surface area contributed by atoms with Crippen molar-refractivity contribution in [2.24, 2.45) is 5.41 Å². The van der Waals surface area contributed by atoms with Gasteiger partial charge in [-0.05, 0) is 25.5 Å². The number of alkyl halides is 2. The van der Waals surface area contributed by atoms with Crippen LogP contribution in [0.3, 0.4) is 0 Å². The number of hydrogen-bond acceptors (Lipinski definition) is 3. The van der Waals surface area contributed by atoms with Crippen molar-refractivity contribution in [2.45, 2.75) is 17.7 Å². The summed E-state index contributed by atoms with van der Waals surface area (Å²) in [5, 5.41) is 9.49. The molecule has 19 heavy (non-hydrogen) atoms. The topological polar surface area (TPSA) is 78.4 Å². The Morgan fingerprint density at radius 3 is 2.37 bits per heavy atom. The van der Waals surface area contributed by atoms with Crippen molar-refractivity contribution in [1.29, 1.82) is 0 Å². The number of carbonyl (C=O) groups is 2. The Labute approximate surface area is 119 Å². The molecular weight excluding hydrogens is 291 g/mol. The van der Waals surface area contributed by atoms with Crippen LogP contribution in [-0.4, -0.2) is 21.3 Å². The molecule has 1 aromatic rings. The summed E-state index contributed by atoms with van der Waals surface area (Å²) in [6, 6.07) is 6.00. The second-order valence-electron chi connectivity index (χ2n) is 4.64. The number of nitrogens with one attached hydrogen (secondary N) is 2. The van der Waals surface area contributed by atoms with Gasteiger partial charge in [-0.1, -0.05) is 12.1 Å². The van der Waals surface area contributed by atoms with E-state index in [2.05, 4.69) is 10.9 Å². The van der Waals surface area contributed by atoms with Crippen molar-refractivity contribution in [2.75, 3.05) is 0 Å². The Morgan fingerprint density at radius 1 is 1.26 bits per heavy atom. The van der Waals surface area contributed by atoms with Crippen LogP contribution in [0.25, 0.3) is 0 Å². The fourth-order valence-corrected chi connectivity index (χ4v) is 2.34. The van der Waals surface area contributed by atoms with E-state index in [1.54, 1.807) is 19.1 Å². The van der Waals surface area contributed by atoms with Crippen molar-refractivity contribution in [3.05, 3.63) is 29.8 Å². The van der Waals surface area contributed by atoms with Crippen molar-refractivity contribution in [1.82, 2.24) is 10.9 Å². The van der Waals surface area contributed by atoms with Gasteiger partial charge in [0, 0.05) is 0 Å². The molecule has 0 spiro atoms. The summed E-state index contributed by atoms with van der Waals surface area (Å²) in [5.74, 6) is -1.26. The van der Waals surface area contributed by atoms with Gasteiger partial charge in [0.15, 0.2) is 0 Å². The number of hydrazine groups is 1. The van der Waals surface area contributed by atoms with Crippen molar-refractivity contribution in [3.8, 4) is 5.75 Å². The first-order valence-corrected chi connectivity index (χ1v) is 6.30. The number of carbonyl (C=O) groups excluding carboxylic acids is 2. The summed E-state index contributed by atoms with van der Waals surface area (Å²) in [4.78, 5) is 23.5. The third-order valence-corrected chi connectivity index (χ3v) is 4.30. The largest absolute Gasteiger partial charge is 0.507 e. The first kappa shape index (κ1) is 14.0. The van der Waals surface area contributed by atoms with E-state index < -0.39 is 21.6 Å². The van der Waals surface area contributed by atoms with Gasteiger partial charge in [0.1, 0.15) is 10.1 Å². The van der Waals surface area contributed by atoms with Crippen LogP contribution in [-0.2, 0) is 4.79 Å². The van der Waals surface area contributed by atoms with Crippen LogP contribution in [0.1, 0.15) is 23.7 Å². The fraction of sp³-hybridized carbons (Fsp3) is 0.333. The van der Waals surface area contributed by atoms with Gasteiger partial charge in [0.05, 0.1) is 11.0 Å². The molecule has 0 saturated heterocycles. The van der Waals surface area contributed by atoms with Gasteiger partial charge in [-0.25, -0.2) is 0 Å². The molecule has 0 unspecified atom stereocenters. The normalized spacial score (nSPS) is 23.5. The smallest absolute Gasteiger partial charge is 0.273 e. The second kappa shape index (κ2) is 4.58. The van der Waals surface area contributed by atoms with Crippen LogP contribution < -0.4 is 10.9 Å². The van der Waals surface area contributed by atoms with Crippen LogP contribution in [0.4, 0.5) is 0 Å². The Morgan fingerprint density at radius 2 is 1.84 bits per heavy atom. The highest BCUT2D eigenvalue weighted by Crippen LogP contribution is 2.63. The summed E-state index contributed by atoms with van der Waals surface area (Å²) in [7, 11) is 0. The van der Waals surface area contributed by atoms with Crippen LogP contribution >= 0.6 is 23.2 Å². The maximum atomic E-state index is 11.8. The first-order chi connectivity index (χ1) is 8.78. The van der Waals surface area contributed by atoms with Gasteiger partial charge in [-0.15, -0.1) is 23.2 Å².